The molecule has 1 amide bonds. The molecule has 134 valence electrons. The van der Waals surface area contributed by atoms with Gasteiger partial charge in [-0.2, -0.15) is 0 Å². The lowest BCUT2D eigenvalue weighted by Gasteiger charge is -2.20. The van der Waals surface area contributed by atoms with Crippen LogP contribution in [0.15, 0.2) is 29.3 Å². The van der Waals surface area contributed by atoms with E-state index in [1.54, 1.807) is 6.07 Å². The summed E-state index contributed by atoms with van der Waals surface area (Å²) in [6, 6.07) is 7.42. The van der Waals surface area contributed by atoms with Gasteiger partial charge in [-0.3, -0.25) is 4.79 Å². The Morgan fingerprint density at radius 1 is 1.33 bits per heavy atom. The number of nitrogens with one attached hydrogen (secondary N) is 2. The van der Waals surface area contributed by atoms with Crippen LogP contribution in [0.2, 0.25) is 0 Å². The van der Waals surface area contributed by atoms with Crippen LogP contribution < -0.4 is 16.4 Å². The molecular weight excluding hydrogens is 304 g/mol. The van der Waals surface area contributed by atoms with Gasteiger partial charge in [0.25, 0.3) is 5.91 Å². The van der Waals surface area contributed by atoms with Crippen molar-refractivity contribution in [1.29, 1.82) is 0 Å². The number of nitrogens with two attached hydrogens (primary N) is 1. The topological polar surface area (TPSA) is 88.7 Å². The predicted octanol–water partition coefficient (Wildman–Crippen LogP) is 2.05. The van der Waals surface area contributed by atoms with Gasteiger partial charge in [-0.15, -0.1) is 0 Å². The average Bonchev–Trinajstić information content (AvgIpc) is 2.51. The van der Waals surface area contributed by atoms with Gasteiger partial charge in [0.05, 0.1) is 6.54 Å². The molecule has 24 heavy (non-hydrogen) atoms. The van der Waals surface area contributed by atoms with Crippen molar-refractivity contribution in [1.82, 2.24) is 10.6 Å². The third-order valence-electron chi connectivity index (χ3n) is 3.09. The third-order valence-corrected chi connectivity index (χ3v) is 3.09. The maximum Gasteiger partial charge on any atom is 0.251 e. The van der Waals surface area contributed by atoms with Crippen LogP contribution in [0.5, 0.6) is 0 Å². The van der Waals surface area contributed by atoms with Crippen LogP contribution in [0.1, 0.15) is 50.0 Å². The zero-order chi connectivity index (χ0) is 18.0. The number of aliphatic imine (C=N–C) groups is 1. The number of ether oxygens (including phenoxy) is 1. The molecule has 0 aliphatic heterocycles. The number of carbonyl (C=O) groups is 1. The number of benzene rings is 1. The van der Waals surface area contributed by atoms with Crippen molar-refractivity contribution in [3.63, 3.8) is 0 Å². The Kier molecular flexibility index (Phi) is 8.26. The van der Waals surface area contributed by atoms with Gasteiger partial charge in [-0.05, 0) is 51.8 Å². The second-order valence-electron chi connectivity index (χ2n) is 6.58. The summed E-state index contributed by atoms with van der Waals surface area (Å²) in [5.74, 6) is 0.311. The molecule has 0 bridgehead atoms. The zero-order valence-corrected chi connectivity index (χ0v) is 15.2. The lowest BCUT2D eigenvalue weighted by atomic mass is 10.1. The van der Waals surface area contributed by atoms with Gasteiger partial charge in [0.2, 0.25) is 0 Å². The predicted molar refractivity (Wildman–Crippen MR) is 98.1 cm³/mol. The Morgan fingerprint density at radius 2 is 2.08 bits per heavy atom. The Hall–Kier alpha value is -2.08. The van der Waals surface area contributed by atoms with Crippen molar-refractivity contribution in [2.24, 2.45) is 10.7 Å². The molecule has 0 aliphatic rings. The van der Waals surface area contributed by atoms with Gasteiger partial charge in [0, 0.05) is 30.9 Å². The molecule has 4 N–H and O–H groups in total. The monoisotopic (exact) mass is 334 g/mol. The average molecular weight is 334 g/mol. The molecule has 0 saturated carbocycles. The normalized spacial score (nSPS) is 12.1. The number of nitrogens with zero attached hydrogens (tertiary/aromatic N) is 1. The van der Waals surface area contributed by atoms with E-state index in [1.807, 2.05) is 45.9 Å². The minimum Gasteiger partial charge on any atom is -0.382 e. The van der Waals surface area contributed by atoms with E-state index >= 15 is 0 Å². The molecule has 0 fully saturated rings. The van der Waals surface area contributed by atoms with Gasteiger partial charge in [-0.25, -0.2) is 4.99 Å². The van der Waals surface area contributed by atoms with Gasteiger partial charge in [0.1, 0.15) is 0 Å². The van der Waals surface area contributed by atoms with Crippen molar-refractivity contribution in [3.05, 3.63) is 35.4 Å². The highest BCUT2D eigenvalue weighted by molar-refractivity contribution is 5.94. The Balaban J connectivity index is 2.52. The van der Waals surface area contributed by atoms with Crippen molar-refractivity contribution >= 4 is 11.9 Å². The first-order chi connectivity index (χ1) is 11.3. The summed E-state index contributed by atoms with van der Waals surface area (Å²) >= 11 is 0. The van der Waals surface area contributed by atoms with E-state index in [1.165, 1.54) is 0 Å². The highest BCUT2D eigenvalue weighted by atomic mass is 16.5. The minimum atomic E-state index is -0.263. The summed E-state index contributed by atoms with van der Waals surface area (Å²) in [5.41, 5.74) is 7.14. The van der Waals surface area contributed by atoms with Crippen LogP contribution in [-0.4, -0.2) is 37.2 Å². The molecule has 0 atom stereocenters. The summed E-state index contributed by atoms with van der Waals surface area (Å²) < 4.78 is 5.26. The summed E-state index contributed by atoms with van der Waals surface area (Å²) in [6.45, 7) is 10.4. The molecule has 0 saturated heterocycles. The molecule has 6 nitrogen and oxygen atoms in total. The Morgan fingerprint density at radius 3 is 2.75 bits per heavy atom. The lowest BCUT2D eigenvalue weighted by molar-refractivity contribution is 0.0919. The highest BCUT2D eigenvalue weighted by Crippen LogP contribution is 2.09. The second kappa shape index (κ2) is 9.93. The fourth-order valence-corrected chi connectivity index (χ4v) is 1.99. The number of hydrogen-bond donors (Lipinski definition) is 3. The Labute approximate surface area is 144 Å². The smallest absolute Gasteiger partial charge is 0.251 e. The maximum absolute atomic E-state index is 12.2. The molecule has 0 aliphatic carbocycles. The first kappa shape index (κ1) is 20.0. The third kappa shape index (κ3) is 8.53. The van der Waals surface area contributed by atoms with Crippen LogP contribution >= 0.6 is 0 Å². The van der Waals surface area contributed by atoms with Gasteiger partial charge >= 0.3 is 0 Å². The summed E-state index contributed by atoms with van der Waals surface area (Å²) in [5, 5.41) is 6.00. The largest absolute Gasteiger partial charge is 0.382 e. The van der Waals surface area contributed by atoms with Gasteiger partial charge in [-0.1, -0.05) is 12.1 Å². The van der Waals surface area contributed by atoms with E-state index in [2.05, 4.69) is 15.6 Å². The summed E-state index contributed by atoms with van der Waals surface area (Å²) in [4.78, 5) is 16.5. The highest BCUT2D eigenvalue weighted by Gasteiger charge is 2.15. The molecule has 0 heterocycles. The number of amides is 1. The van der Waals surface area contributed by atoms with E-state index in [9.17, 15) is 4.79 Å². The van der Waals surface area contributed by atoms with Crippen molar-refractivity contribution in [2.45, 2.75) is 46.2 Å². The van der Waals surface area contributed by atoms with Crippen LogP contribution in [0.3, 0.4) is 0 Å². The molecule has 1 aromatic carbocycles. The molecule has 0 unspecified atom stereocenters. The minimum absolute atomic E-state index is 0.0876. The summed E-state index contributed by atoms with van der Waals surface area (Å²) in [7, 11) is 0. The molecule has 0 radical (unpaired) electrons. The van der Waals surface area contributed by atoms with E-state index in [-0.39, 0.29) is 11.4 Å². The quantitative estimate of drug-likeness (QED) is 0.386. The van der Waals surface area contributed by atoms with Gasteiger partial charge < -0.3 is 21.1 Å². The first-order valence-electron chi connectivity index (χ1n) is 8.35. The van der Waals surface area contributed by atoms with E-state index in [0.29, 0.717) is 24.7 Å². The first-order valence-corrected chi connectivity index (χ1v) is 8.35. The van der Waals surface area contributed by atoms with Crippen molar-refractivity contribution in [3.8, 4) is 0 Å². The molecule has 6 heteroatoms. The van der Waals surface area contributed by atoms with Crippen LogP contribution in [-0.2, 0) is 11.3 Å². The molecular formula is C18H30N4O2. The van der Waals surface area contributed by atoms with E-state index in [4.69, 9.17) is 10.5 Å². The zero-order valence-electron chi connectivity index (χ0n) is 15.2. The van der Waals surface area contributed by atoms with Crippen molar-refractivity contribution in [2.75, 3.05) is 19.8 Å². The fraction of sp³-hybridized carbons (Fsp3) is 0.556. The lowest BCUT2D eigenvalue weighted by Crippen LogP contribution is -2.40. The van der Waals surface area contributed by atoms with Crippen molar-refractivity contribution < 1.29 is 9.53 Å². The maximum atomic E-state index is 12.2. The van der Waals surface area contributed by atoms with E-state index in [0.717, 1.165) is 25.1 Å². The fourth-order valence-electron chi connectivity index (χ4n) is 1.99. The molecule has 1 rings (SSSR count). The van der Waals surface area contributed by atoms with Crippen LogP contribution in [0, 0.1) is 0 Å². The second-order valence-corrected chi connectivity index (χ2v) is 6.58. The van der Waals surface area contributed by atoms with Crippen LogP contribution in [0.25, 0.3) is 0 Å². The van der Waals surface area contributed by atoms with E-state index < -0.39 is 0 Å². The number of rotatable bonds is 8. The summed E-state index contributed by atoms with van der Waals surface area (Å²) in [6.07, 6.45) is 0.881. The standard InChI is InChI=1S/C18H30N4O2/c1-5-24-11-7-10-20-17(19)21-13-14-8-6-9-15(12-14)16(23)22-18(2,3)4/h6,8-9,12H,5,7,10-11,13H2,1-4H3,(H,22,23)(H3,19,20,21). The number of carbonyl (C=O) groups excluding carboxylic acids is 1. The molecule has 0 spiro atoms. The SMILES string of the molecule is CCOCCCNC(N)=NCc1cccc(C(=O)NC(C)(C)C)c1. The number of guanidine groups is 1. The van der Waals surface area contributed by atoms with Gasteiger partial charge in [0.15, 0.2) is 5.96 Å². The van der Waals surface area contributed by atoms with Crippen LogP contribution in [0.4, 0.5) is 0 Å². The Bertz CT molecular complexity index is 550. The molecule has 0 aromatic heterocycles. The molecule has 1 aromatic rings. The number of hydrogen-bond acceptors (Lipinski definition) is 3.